The van der Waals surface area contributed by atoms with Crippen LogP contribution in [0.25, 0.3) is 0 Å². The number of benzene rings is 1. The molecule has 0 heterocycles. The smallest absolute Gasteiger partial charge is 0.317 e. The Morgan fingerprint density at radius 2 is 1.86 bits per heavy atom. The summed E-state index contributed by atoms with van der Waals surface area (Å²) in [5.74, 6) is -3.28. The molecule has 0 fully saturated rings. The summed E-state index contributed by atoms with van der Waals surface area (Å²) in [4.78, 5) is 23.8. The standard InChI is InChI=1S/C13H16F2N2O4/c1-21-3-2-17(8-13(19)20)7-12(18)16-11-5-9(14)4-10(15)6-11/h4-6H,2-3,7-8H2,1H3,(H,16,18)(H,19,20). The van der Waals surface area contributed by atoms with Crippen molar-refractivity contribution in [3.8, 4) is 0 Å². The lowest BCUT2D eigenvalue weighted by molar-refractivity contribution is -0.138. The fourth-order valence-corrected chi connectivity index (χ4v) is 1.66. The van der Waals surface area contributed by atoms with Gasteiger partial charge in [-0.1, -0.05) is 0 Å². The van der Waals surface area contributed by atoms with Crippen LogP contribution in [0.3, 0.4) is 0 Å². The molecule has 1 amide bonds. The number of carbonyl (C=O) groups excluding carboxylic acids is 1. The number of halogens is 2. The Morgan fingerprint density at radius 3 is 2.38 bits per heavy atom. The fourth-order valence-electron chi connectivity index (χ4n) is 1.66. The van der Waals surface area contributed by atoms with Crippen molar-refractivity contribution in [3.63, 3.8) is 0 Å². The molecule has 1 aromatic carbocycles. The molecule has 8 heteroatoms. The van der Waals surface area contributed by atoms with E-state index < -0.39 is 23.5 Å². The van der Waals surface area contributed by atoms with Crippen LogP contribution in [0.1, 0.15) is 0 Å². The van der Waals surface area contributed by atoms with Crippen LogP contribution >= 0.6 is 0 Å². The molecule has 2 N–H and O–H groups in total. The van der Waals surface area contributed by atoms with Gasteiger partial charge in [-0.25, -0.2) is 8.78 Å². The first-order chi connectivity index (χ1) is 9.90. The van der Waals surface area contributed by atoms with Gasteiger partial charge in [-0.3, -0.25) is 14.5 Å². The van der Waals surface area contributed by atoms with Gasteiger partial charge in [-0.2, -0.15) is 0 Å². The molecule has 0 aliphatic rings. The maximum atomic E-state index is 13.0. The molecule has 0 radical (unpaired) electrons. The average molecular weight is 302 g/mol. The number of rotatable bonds is 8. The molecule has 6 nitrogen and oxygen atoms in total. The van der Waals surface area contributed by atoms with Gasteiger partial charge in [0.25, 0.3) is 0 Å². The Bertz CT molecular complexity index is 491. The Hall–Kier alpha value is -2.06. The molecular weight excluding hydrogens is 286 g/mol. The van der Waals surface area contributed by atoms with Crippen molar-refractivity contribution in [3.05, 3.63) is 29.8 Å². The lowest BCUT2D eigenvalue weighted by Crippen LogP contribution is -2.38. The van der Waals surface area contributed by atoms with Crippen LogP contribution in [-0.2, 0) is 14.3 Å². The maximum absolute atomic E-state index is 13.0. The van der Waals surface area contributed by atoms with E-state index in [-0.39, 0.29) is 31.9 Å². The average Bonchev–Trinajstić information content (AvgIpc) is 2.33. The largest absolute Gasteiger partial charge is 0.480 e. The summed E-state index contributed by atoms with van der Waals surface area (Å²) in [6, 6.07) is 2.63. The predicted molar refractivity (Wildman–Crippen MR) is 70.9 cm³/mol. The summed E-state index contributed by atoms with van der Waals surface area (Å²) in [5, 5.41) is 11.1. The molecule has 0 aliphatic carbocycles. The third kappa shape index (κ3) is 6.77. The van der Waals surface area contributed by atoms with Gasteiger partial charge in [0.1, 0.15) is 11.6 Å². The summed E-state index contributed by atoms with van der Waals surface area (Å²) in [7, 11) is 1.45. The van der Waals surface area contributed by atoms with E-state index in [1.165, 1.54) is 12.0 Å². The minimum Gasteiger partial charge on any atom is -0.480 e. The summed E-state index contributed by atoms with van der Waals surface area (Å²) < 4.78 is 30.8. The Balaban J connectivity index is 2.61. The van der Waals surface area contributed by atoms with Crippen molar-refractivity contribution in [1.29, 1.82) is 0 Å². The van der Waals surface area contributed by atoms with E-state index in [4.69, 9.17) is 9.84 Å². The highest BCUT2D eigenvalue weighted by Gasteiger charge is 2.14. The molecule has 1 aromatic rings. The number of hydrogen-bond acceptors (Lipinski definition) is 4. The quantitative estimate of drug-likeness (QED) is 0.747. The number of aliphatic carboxylic acids is 1. The molecular formula is C13H16F2N2O4. The predicted octanol–water partition coefficient (Wildman–Crippen LogP) is 0.936. The Kier molecular flexibility index (Phi) is 6.70. The highest BCUT2D eigenvalue weighted by Crippen LogP contribution is 2.12. The van der Waals surface area contributed by atoms with Crippen LogP contribution in [0.2, 0.25) is 0 Å². The molecule has 0 unspecified atom stereocenters. The monoisotopic (exact) mass is 302 g/mol. The van der Waals surface area contributed by atoms with E-state index >= 15 is 0 Å². The Morgan fingerprint density at radius 1 is 1.24 bits per heavy atom. The normalized spacial score (nSPS) is 10.7. The third-order valence-electron chi connectivity index (χ3n) is 2.48. The molecule has 0 aliphatic heterocycles. The van der Waals surface area contributed by atoms with Crippen LogP contribution in [0.15, 0.2) is 18.2 Å². The first-order valence-corrected chi connectivity index (χ1v) is 6.09. The number of hydrogen-bond donors (Lipinski definition) is 2. The first kappa shape index (κ1) is 17.0. The first-order valence-electron chi connectivity index (χ1n) is 6.09. The van der Waals surface area contributed by atoms with Crippen molar-refractivity contribution >= 4 is 17.6 Å². The summed E-state index contributed by atoms with van der Waals surface area (Å²) in [6.07, 6.45) is 0. The number of amides is 1. The highest BCUT2D eigenvalue weighted by molar-refractivity contribution is 5.92. The summed E-state index contributed by atoms with van der Waals surface area (Å²) in [6.45, 7) is -0.0645. The topological polar surface area (TPSA) is 78.9 Å². The zero-order valence-electron chi connectivity index (χ0n) is 11.4. The third-order valence-corrected chi connectivity index (χ3v) is 2.48. The number of anilines is 1. The molecule has 0 atom stereocenters. The summed E-state index contributed by atoms with van der Waals surface area (Å²) in [5.41, 5.74) is -0.0282. The number of carboxylic acids is 1. The van der Waals surface area contributed by atoms with E-state index in [1.54, 1.807) is 0 Å². The summed E-state index contributed by atoms with van der Waals surface area (Å²) >= 11 is 0. The number of carboxylic acid groups (broad SMARTS) is 1. The number of carbonyl (C=O) groups is 2. The van der Waals surface area contributed by atoms with Crippen molar-refractivity contribution in [2.45, 2.75) is 0 Å². The van der Waals surface area contributed by atoms with Gasteiger partial charge in [-0.15, -0.1) is 0 Å². The molecule has 21 heavy (non-hydrogen) atoms. The number of ether oxygens (including phenoxy) is 1. The fraction of sp³-hybridized carbons (Fsp3) is 0.385. The van der Waals surface area contributed by atoms with Crippen LogP contribution < -0.4 is 5.32 Å². The second-order valence-electron chi connectivity index (χ2n) is 4.30. The van der Waals surface area contributed by atoms with Crippen LogP contribution in [0.4, 0.5) is 14.5 Å². The Labute approximate surface area is 120 Å². The van der Waals surface area contributed by atoms with E-state index in [2.05, 4.69) is 5.32 Å². The van der Waals surface area contributed by atoms with Gasteiger partial charge in [0.2, 0.25) is 5.91 Å². The zero-order chi connectivity index (χ0) is 15.8. The van der Waals surface area contributed by atoms with E-state index in [1.807, 2.05) is 0 Å². The SMILES string of the molecule is COCCN(CC(=O)O)CC(=O)Nc1cc(F)cc(F)c1. The minimum atomic E-state index is -1.09. The molecule has 0 saturated carbocycles. The molecule has 0 saturated heterocycles. The molecule has 0 aromatic heterocycles. The van der Waals surface area contributed by atoms with E-state index in [0.717, 1.165) is 12.1 Å². The lowest BCUT2D eigenvalue weighted by atomic mass is 10.3. The van der Waals surface area contributed by atoms with Gasteiger partial charge >= 0.3 is 5.97 Å². The van der Waals surface area contributed by atoms with Crippen LogP contribution in [-0.4, -0.2) is 55.2 Å². The minimum absolute atomic E-state index is 0.0282. The van der Waals surface area contributed by atoms with Gasteiger partial charge in [0, 0.05) is 25.4 Å². The van der Waals surface area contributed by atoms with Crippen LogP contribution in [0.5, 0.6) is 0 Å². The van der Waals surface area contributed by atoms with Crippen molar-refractivity contribution in [2.75, 3.05) is 38.7 Å². The van der Waals surface area contributed by atoms with Gasteiger partial charge in [0.15, 0.2) is 0 Å². The second-order valence-corrected chi connectivity index (χ2v) is 4.30. The van der Waals surface area contributed by atoms with Crippen LogP contribution in [0, 0.1) is 11.6 Å². The molecule has 1 rings (SSSR count). The van der Waals surface area contributed by atoms with E-state index in [0.29, 0.717) is 6.07 Å². The van der Waals surface area contributed by atoms with Crippen molar-refractivity contribution in [2.24, 2.45) is 0 Å². The second kappa shape index (κ2) is 8.28. The van der Waals surface area contributed by atoms with Gasteiger partial charge in [-0.05, 0) is 12.1 Å². The molecule has 0 spiro atoms. The highest BCUT2D eigenvalue weighted by atomic mass is 19.1. The maximum Gasteiger partial charge on any atom is 0.317 e. The van der Waals surface area contributed by atoms with Gasteiger partial charge < -0.3 is 15.2 Å². The molecule has 0 bridgehead atoms. The number of methoxy groups -OCH3 is 1. The van der Waals surface area contributed by atoms with Crippen molar-refractivity contribution < 1.29 is 28.2 Å². The zero-order valence-corrected chi connectivity index (χ0v) is 11.4. The lowest BCUT2D eigenvalue weighted by Gasteiger charge is -2.19. The van der Waals surface area contributed by atoms with E-state index in [9.17, 15) is 18.4 Å². The van der Waals surface area contributed by atoms with Crippen molar-refractivity contribution in [1.82, 2.24) is 4.90 Å². The number of nitrogens with one attached hydrogen (secondary N) is 1. The molecule has 116 valence electrons. The number of nitrogens with zero attached hydrogens (tertiary/aromatic N) is 1. The van der Waals surface area contributed by atoms with Gasteiger partial charge in [0.05, 0.1) is 19.7 Å².